The average Bonchev–Trinajstić information content (AvgIpc) is 2.72. The Bertz CT molecular complexity index is 646. The minimum atomic E-state index is 0.205. The lowest BCUT2D eigenvalue weighted by Gasteiger charge is -2.08. The van der Waals surface area contributed by atoms with E-state index in [0.29, 0.717) is 21.0 Å². The van der Waals surface area contributed by atoms with Crippen molar-refractivity contribution < 1.29 is 9.26 Å². The van der Waals surface area contributed by atoms with Crippen LogP contribution in [0.5, 0.6) is 5.75 Å². The van der Waals surface area contributed by atoms with Crippen molar-refractivity contribution in [2.75, 3.05) is 7.11 Å². The zero-order chi connectivity index (χ0) is 13.3. The molecule has 1 aromatic carbocycles. The van der Waals surface area contributed by atoms with E-state index in [1.807, 2.05) is 13.0 Å². The molecule has 2 aromatic rings. The van der Waals surface area contributed by atoms with Gasteiger partial charge in [-0.25, -0.2) is 0 Å². The molecule has 0 aliphatic carbocycles. The summed E-state index contributed by atoms with van der Waals surface area (Å²) in [6, 6.07) is 5.46. The first-order chi connectivity index (χ1) is 8.58. The van der Waals surface area contributed by atoms with E-state index >= 15 is 0 Å². The molecule has 0 aliphatic rings. The van der Waals surface area contributed by atoms with E-state index in [2.05, 4.69) is 21.1 Å². The van der Waals surface area contributed by atoms with E-state index in [1.165, 1.54) is 0 Å². The van der Waals surface area contributed by atoms with Crippen LogP contribution in [-0.4, -0.2) is 12.3 Å². The molecule has 2 rings (SSSR count). The standard InChI is InChI=1S/C12H8BrClN2O2/c1-6-3-10(17-2)8(14)4-7(6)12-11(13)9(5-15)16-18-12/h3-4H,1-2H3. The van der Waals surface area contributed by atoms with Crippen molar-refractivity contribution in [2.45, 2.75) is 6.92 Å². The summed E-state index contributed by atoms with van der Waals surface area (Å²) >= 11 is 9.37. The molecule has 0 amide bonds. The number of aryl methyl sites for hydroxylation is 1. The SMILES string of the molecule is COc1cc(C)c(-c2onc(C#N)c2Br)cc1Cl. The van der Waals surface area contributed by atoms with Gasteiger partial charge in [0.2, 0.25) is 0 Å². The van der Waals surface area contributed by atoms with E-state index in [4.69, 9.17) is 26.1 Å². The fourth-order valence-electron chi connectivity index (χ4n) is 1.57. The lowest BCUT2D eigenvalue weighted by molar-refractivity contribution is 0.414. The molecule has 0 radical (unpaired) electrons. The Hall–Kier alpha value is -1.51. The Labute approximate surface area is 117 Å². The Morgan fingerprint density at radius 1 is 1.50 bits per heavy atom. The van der Waals surface area contributed by atoms with E-state index in [0.717, 1.165) is 11.1 Å². The molecule has 92 valence electrons. The van der Waals surface area contributed by atoms with E-state index < -0.39 is 0 Å². The van der Waals surface area contributed by atoms with Crippen molar-refractivity contribution in [1.82, 2.24) is 5.16 Å². The molecule has 1 aromatic heterocycles. The van der Waals surface area contributed by atoms with Gasteiger partial charge in [-0.05, 0) is 40.5 Å². The van der Waals surface area contributed by atoms with Crippen molar-refractivity contribution in [1.29, 1.82) is 5.26 Å². The van der Waals surface area contributed by atoms with Crippen LogP contribution in [-0.2, 0) is 0 Å². The molecule has 0 aliphatic heterocycles. The smallest absolute Gasteiger partial charge is 0.198 e. The van der Waals surface area contributed by atoms with Crippen molar-refractivity contribution in [3.8, 4) is 23.1 Å². The lowest BCUT2D eigenvalue weighted by atomic mass is 10.1. The number of hydrogen-bond acceptors (Lipinski definition) is 4. The highest BCUT2D eigenvalue weighted by Crippen LogP contribution is 2.37. The number of rotatable bonds is 2. The van der Waals surface area contributed by atoms with Gasteiger partial charge in [0.15, 0.2) is 11.5 Å². The highest BCUT2D eigenvalue weighted by atomic mass is 79.9. The third-order valence-corrected chi connectivity index (χ3v) is 3.52. The van der Waals surface area contributed by atoms with Crippen LogP contribution >= 0.6 is 27.5 Å². The second kappa shape index (κ2) is 5.01. The van der Waals surface area contributed by atoms with Crippen LogP contribution < -0.4 is 4.74 Å². The summed E-state index contributed by atoms with van der Waals surface area (Å²) in [4.78, 5) is 0. The Morgan fingerprint density at radius 2 is 2.22 bits per heavy atom. The molecular weight excluding hydrogens is 320 g/mol. The van der Waals surface area contributed by atoms with Gasteiger partial charge in [0.1, 0.15) is 16.3 Å². The normalized spacial score (nSPS) is 10.2. The number of nitriles is 1. The number of methoxy groups -OCH3 is 1. The molecule has 0 saturated carbocycles. The number of ether oxygens (including phenoxy) is 1. The maximum Gasteiger partial charge on any atom is 0.198 e. The summed E-state index contributed by atoms with van der Waals surface area (Å²) in [6.45, 7) is 1.90. The summed E-state index contributed by atoms with van der Waals surface area (Å²) in [5.41, 5.74) is 1.88. The monoisotopic (exact) mass is 326 g/mol. The molecule has 18 heavy (non-hydrogen) atoms. The first kappa shape index (κ1) is 12.9. The molecule has 4 nitrogen and oxygen atoms in total. The molecule has 1 heterocycles. The fourth-order valence-corrected chi connectivity index (χ4v) is 2.26. The maximum atomic E-state index is 8.84. The quantitative estimate of drug-likeness (QED) is 0.838. The van der Waals surface area contributed by atoms with Crippen LogP contribution in [0.3, 0.4) is 0 Å². The minimum absolute atomic E-state index is 0.205. The summed E-state index contributed by atoms with van der Waals surface area (Å²) in [5, 5.41) is 13.0. The van der Waals surface area contributed by atoms with E-state index in [-0.39, 0.29) is 5.69 Å². The van der Waals surface area contributed by atoms with Crippen LogP contribution in [0.4, 0.5) is 0 Å². The van der Waals surface area contributed by atoms with Gasteiger partial charge in [0.05, 0.1) is 12.1 Å². The number of nitrogens with zero attached hydrogens (tertiary/aromatic N) is 2. The first-order valence-electron chi connectivity index (χ1n) is 4.98. The van der Waals surface area contributed by atoms with Crippen molar-refractivity contribution >= 4 is 27.5 Å². The van der Waals surface area contributed by atoms with Gasteiger partial charge < -0.3 is 9.26 Å². The molecule has 0 spiro atoms. The zero-order valence-electron chi connectivity index (χ0n) is 9.62. The van der Waals surface area contributed by atoms with Crippen LogP contribution in [0.25, 0.3) is 11.3 Å². The van der Waals surface area contributed by atoms with Gasteiger partial charge in [-0.1, -0.05) is 16.8 Å². The van der Waals surface area contributed by atoms with Crippen LogP contribution in [0.15, 0.2) is 21.1 Å². The molecule has 0 saturated heterocycles. The summed E-state index contributed by atoms with van der Waals surface area (Å²) in [7, 11) is 1.55. The van der Waals surface area contributed by atoms with Crippen LogP contribution in [0.2, 0.25) is 5.02 Å². The third-order valence-electron chi connectivity index (χ3n) is 2.48. The molecule has 0 unspecified atom stereocenters. The van der Waals surface area contributed by atoms with Gasteiger partial charge in [-0.15, -0.1) is 0 Å². The average molecular weight is 328 g/mol. The largest absolute Gasteiger partial charge is 0.495 e. The second-order valence-electron chi connectivity index (χ2n) is 3.59. The van der Waals surface area contributed by atoms with Gasteiger partial charge in [-0.3, -0.25) is 0 Å². The van der Waals surface area contributed by atoms with Crippen molar-refractivity contribution in [3.05, 3.63) is 32.9 Å². The molecule has 0 fully saturated rings. The van der Waals surface area contributed by atoms with Crippen LogP contribution in [0, 0.1) is 18.3 Å². The van der Waals surface area contributed by atoms with Crippen molar-refractivity contribution in [3.63, 3.8) is 0 Å². The zero-order valence-corrected chi connectivity index (χ0v) is 12.0. The Morgan fingerprint density at radius 3 is 2.78 bits per heavy atom. The summed E-state index contributed by atoms with van der Waals surface area (Å²) in [5.74, 6) is 1.07. The highest BCUT2D eigenvalue weighted by molar-refractivity contribution is 9.10. The van der Waals surface area contributed by atoms with E-state index in [9.17, 15) is 0 Å². The topological polar surface area (TPSA) is 59.1 Å². The number of halogens is 2. The third kappa shape index (κ3) is 2.09. The molecular formula is C12H8BrClN2O2. The van der Waals surface area contributed by atoms with Crippen molar-refractivity contribution in [2.24, 2.45) is 0 Å². The highest BCUT2D eigenvalue weighted by Gasteiger charge is 2.18. The minimum Gasteiger partial charge on any atom is -0.495 e. The van der Waals surface area contributed by atoms with Gasteiger partial charge in [0.25, 0.3) is 0 Å². The predicted molar refractivity (Wildman–Crippen MR) is 70.7 cm³/mol. The first-order valence-corrected chi connectivity index (χ1v) is 6.15. The summed E-state index contributed by atoms with van der Waals surface area (Å²) < 4.78 is 10.8. The Balaban J connectivity index is 2.61. The molecule has 0 N–H and O–H groups in total. The Kier molecular flexibility index (Phi) is 3.60. The van der Waals surface area contributed by atoms with Gasteiger partial charge >= 0.3 is 0 Å². The molecule has 0 bridgehead atoms. The number of benzene rings is 1. The summed E-state index contributed by atoms with van der Waals surface area (Å²) in [6.07, 6.45) is 0. The number of aromatic nitrogens is 1. The fraction of sp³-hybridized carbons (Fsp3) is 0.167. The number of hydrogen-bond donors (Lipinski definition) is 0. The van der Waals surface area contributed by atoms with Crippen LogP contribution in [0.1, 0.15) is 11.3 Å². The maximum absolute atomic E-state index is 8.84. The molecule has 0 atom stereocenters. The lowest BCUT2D eigenvalue weighted by Crippen LogP contribution is -1.89. The predicted octanol–water partition coefficient (Wildman–Crippen LogP) is 3.95. The second-order valence-corrected chi connectivity index (χ2v) is 4.79. The molecule has 6 heteroatoms. The van der Waals surface area contributed by atoms with Gasteiger partial charge in [0, 0.05) is 5.56 Å². The van der Waals surface area contributed by atoms with Gasteiger partial charge in [-0.2, -0.15) is 5.26 Å². The van der Waals surface area contributed by atoms with E-state index in [1.54, 1.807) is 19.2 Å².